The standard InChI is InChI=1S/C10H8ClN5O3S/c11-7-4-3-6(16(18)19)8(12-7)20-10-14-13-9(17)15(10)5-1-2-5/h3-5H,1-2H2,(H,13,17). The average molecular weight is 314 g/mol. The summed E-state index contributed by atoms with van der Waals surface area (Å²) in [6.07, 6.45) is 1.80. The Balaban J connectivity index is 2.01. The Morgan fingerprint density at radius 2 is 2.25 bits per heavy atom. The highest BCUT2D eigenvalue weighted by Gasteiger charge is 2.30. The highest BCUT2D eigenvalue weighted by molar-refractivity contribution is 7.99. The number of pyridine rings is 1. The van der Waals surface area contributed by atoms with Gasteiger partial charge in [0.05, 0.1) is 4.92 Å². The van der Waals surface area contributed by atoms with Crippen LogP contribution in [0.15, 0.2) is 27.1 Å². The predicted molar refractivity (Wildman–Crippen MR) is 71.1 cm³/mol. The predicted octanol–water partition coefficient (Wildman–Crippen LogP) is 2.01. The van der Waals surface area contributed by atoms with Gasteiger partial charge in [0.2, 0.25) is 0 Å². The molecule has 20 heavy (non-hydrogen) atoms. The van der Waals surface area contributed by atoms with Crippen molar-refractivity contribution in [1.82, 2.24) is 19.7 Å². The number of nitrogens with zero attached hydrogens (tertiary/aromatic N) is 4. The van der Waals surface area contributed by atoms with Crippen LogP contribution in [0.2, 0.25) is 5.15 Å². The summed E-state index contributed by atoms with van der Waals surface area (Å²) in [7, 11) is 0. The number of nitro groups is 1. The molecule has 3 rings (SSSR count). The van der Waals surface area contributed by atoms with E-state index in [0.717, 1.165) is 24.6 Å². The second-order valence-electron chi connectivity index (χ2n) is 4.23. The van der Waals surface area contributed by atoms with E-state index in [1.165, 1.54) is 16.7 Å². The summed E-state index contributed by atoms with van der Waals surface area (Å²) in [6, 6.07) is 2.74. The zero-order valence-electron chi connectivity index (χ0n) is 9.95. The molecule has 0 bridgehead atoms. The number of rotatable bonds is 4. The number of aromatic amines is 1. The molecular weight excluding hydrogens is 306 g/mol. The van der Waals surface area contributed by atoms with Gasteiger partial charge in [-0.25, -0.2) is 14.9 Å². The highest BCUT2D eigenvalue weighted by Crippen LogP contribution is 2.39. The fourth-order valence-corrected chi connectivity index (χ4v) is 2.91. The van der Waals surface area contributed by atoms with Crippen molar-refractivity contribution >= 4 is 29.1 Å². The maximum absolute atomic E-state index is 11.6. The number of hydrogen-bond acceptors (Lipinski definition) is 6. The lowest BCUT2D eigenvalue weighted by atomic mass is 10.4. The summed E-state index contributed by atoms with van der Waals surface area (Å²) < 4.78 is 1.50. The number of nitrogens with one attached hydrogen (secondary N) is 1. The minimum Gasteiger partial charge on any atom is -0.267 e. The highest BCUT2D eigenvalue weighted by atomic mass is 35.5. The van der Waals surface area contributed by atoms with Gasteiger partial charge in [0.15, 0.2) is 10.2 Å². The van der Waals surface area contributed by atoms with E-state index in [1.54, 1.807) is 0 Å². The second kappa shape index (κ2) is 4.91. The van der Waals surface area contributed by atoms with Gasteiger partial charge in [-0.15, -0.1) is 5.10 Å². The van der Waals surface area contributed by atoms with E-state index in [1.807, 2.05) is 0 Å². The third kappa shape index (κ3) is 2.41. The Hall–Kier alpha value is -1.87. The second-order valence-corrected chi connectivity index (χ2v) is 5.57. The fourth-order valence-electron chi connectivity index (χ4n) is 1.73. The van der Waals surface area contributed by atoms with Gasteiger partial charge >= 0.3 is 11.4 Å². The zero-order chi connectivity index (χ0) is 14.3. The molecule has 0 unspecified atom stereocenters. The molecule has 0 radical (unpaired) electrons. The van der Waals surface area contributed by atoms with E-state index < -0.39 is 4.92 Å². The van der Waals surface area contributed by atoms with Crippen LogP contribution in [0.1, 0.15) is 18.9 Å². The van der Waals surface area contributed by atoms with Crippen molar-refractivity contribution in [1.29, 1.82) is 0 Å². The van der Waals surface area contributed by atoms with Crippen LogP contribution in [0.25, 0.3) is 0 Å². The molecule has 0 aromatic carbocycles. The van der Waals surface area contributed by atoms with E-state index in [4.69, 9.17) is 11.6 Å². The molecule has 1 fully saturated rings. The van der Waals surface area contributed by atoms with Crippen molar-refractivity contribution in [3.63, 3.8) is 0 Å². The lowest BCUT2D eigenvalue weighted by Gasteiger charge is -2.03. The first kappa shape index (κ1) is 13.1. The smallest absolute Gasteiger partial charge is 0.267 e. The molecule has 10 heteroatoms. The first-order valence-electron chi connectivity index (χ1n) is 5.72. The van der Waals surface area contributed by atoms with E-state index >= 15 is 0 Å². The van der Waals surface area contributed by atoms with Crippen molar-refractivity contribution in [3.05, 3.63) is 37.9 Å². The van der Waals surface area contributed by atoms with Gasteiger partial charge in [-0.3, -0.25) is 14.7 Å². The Labute approximate surface area is 121 Å². The first-order valence-corrected chi connectivity index (χ1v) is 6.91. The summed E-state index contributed by atoms with van der Waals surface area (Å²) in [5.41, 5.74) is -0.489. The van der Waals surface area contributed by atoms with Crippen LogP contribution in [0.5, 0.6) is 0 Å². The summed E-state index contributed by atoms with van der Waals surface area (Å²) in [6.45, 7) is 0. The summed E-state index contributed by atoms with van der Waals surface area (Å²) in [5, 5.41) is 17.8. The van der Waals surface area contributed by atoms with Crippen LogP contribution >= 0.6 is 23.4 Å². The van der Waals surface area contributed by atoms with Crippen molar-refractivity contribution in [2.45, 2.75) is 29.1 Å². The van der Waals surface area contributed by atoms with E-state index in [-0.39, 0.29) is 27.6 Å². The van der Waals surface area contributed by atoms with Crippen molar-refractivity contribution in [3.8, 4) is 0 Å². The average Bonchev–Trinajstić information content (AvgIpc) is 3.15. The van der Waals surface area contributed by atoms with Crippen LogP contribution in [-0.4, -0.2) is 24.7 Å². The minimum atomic E-state index is -0.544. The third-order valence-corrected chi connectivity index (χ3v) is 3.95. The fraction of sp³-hybridized carbons (Fsp3) is 0.300. The van der Waals surface area contributed by atoms with Crippen molar-refractivity contribution in [2.24, 2.45) is 0 Å². The van der Waals surface area contributed by atoms with Crippen LogP contribution in [0.4, 0.5) is 5.69 Å². The Morgan fingerprint density at radius 1 is 1.50 bits per heavy atom. The summed E-state index contributed by atoms with van der Waals surface area (Å²) >= 11 is 6.72. The van der Waals surface area contributed by atoms with Crippen LogP contribution in [0.3, 0.4) is 0 Å². The topological polar surface area (TPSA) is 107 Å². The first-order chi connectivity index (χ1) is 9.56. The van der Waals surface area contributed by atoms with Gasteiger partial charge in [-0.2, -0.15) is 0 Å². The lowest BCUT2D eigenvalue weighted by molar-refractivity contribution is -0.388. The molecule has 0 spiro atoms. The maximum Gasteiger partial charge on any atom is 0.344 e. The van der Waals surface area contributed by atoms with E-state index in [0.29, 0.717) is 5.16 Å². The van der Waals surface area contributed by atoms with E-state index in [9.17, 15) is 14.9 Å². The molecule has 0 aliphatic heterocycles. The third-order valence-electron chi connectivity index (χ3n) is 2.77. The molecule has 2 aromatic heterocycles. The molecular formula is C10H8ClN5O3S. The van der Waals surface area contributed by atoms with E-state index in [2.05, 4.69) is 15.2 Å². The molecule has 8 nitrogen and oxygen atoms in total. The SMILES string of the molecule is O=c1[nH]nc(Sc2nc(Cl)ccc2[N+](=O)[O-])n1C1CC1. The van der Waals surface area contributed by atoms with Gasteiger partial charge in [0, 0.05) is 12.1 Å². The largest absolute Gasteiger partial charge is 0.344 e. The van der Waals surface area contributed by atoms with Gasteiger partial charge < -0.3 is 0 Å². The lowest BCUT2D eigenvalue weighted by Crippen LogP contribution is -2.16. The number of hydrogen-bond donors (Lipinski definition) is 1. The minimum absolute atomic E-state index is 0.113. The molecule has 0 saturated heterocycles. The molecule has 104 valence electrons. The Morgan fingerprint density at radius 3 is 2.90 bits per heavy atom. The molecule has 1 saturated carbocycles. The van der Waals surface area contributed by atoms with Crippen LogP contribution < -0.4 is 5.69 Å². The molecule has 1 N–H and O–H groups in total. The quantitative estimate of drug-likeness (QED) is 0.525. The number of H-pyrrole nitrogens is 1. The summed E-state index contributed by atoms with van der Waals surface area (Å²) in [5.74, 6) is 0. The summed E-state index contributed by atoms with van der Waals surface area (Å²) in [4.78, 5) is 26.0. The molecule has 1 aliphatic carbocycles. The van der Waals surface area contributed by atoms with Crippen molar-refractivity contribution in [2.75, 3.05) is 0 Å². The Kier molecular flexibility index (Phi) is 3.22. The molecule has 0 atom stereocenters. The normalized spacial score (nSPS) is 14.4. The zero-order valence-corrected chi connectivity index (χ0v) is 11.5. The maximum atomic E-state index is 11.6. The molecule has 2 heterocycles. The van der Waals surface area contributed by atoms with Gasteiger partial charge in [0.1, 0.15) is 5.15 Å². The number of aromatic nitrogens is 4. The van der Waals surface area contributed by atoms with Crippen molar-refractivity contribution < 1.29 is 4.92 Å². The molecule has 0 amide bonds. The molecule has 1 aliphatic rings. The monoisotopic (exact) mass is 313 g/mol. The Bertz CT molecular complexity index is 739. The van der Waals surface area contributed by atoms with Gasteiger partial charge in [0.25, 0.3) is 0 Å². The van der Waals surface area contributed by atoms with Crippen LogP contribution in [0, 0.1) is 10.1 Å². The van der Waals surface area contributed by atoms with Gasteiger partial charge in [-0.1, -0.05) is 11.6 Å². The van der Waals surface area contributed by atoms with Crippen LogP contribution in [-0.2, 0) is 0 Å². The van der Waals surface area contributed by atoms with Gasteiger partial charge in [-0.05, 0) is 30.7 Å². The number of halogens is 1. The molecule has 2 aromatic rings.